The van der Waals surface area contributed by atoms with Gasteiger partial charge >= 0.3 is 0 Å². The Bertz CT molecular complexity index is 366. The molecule has 0 aromatic heterocycles. The second-order valence-corrected chi connectivity index (χ2v) is 4.90. The average Bonchev–Trinajstić information content (AvgIpc) is 2.45. The lowest BCUT2D eigenvalue weighted by atomic mass is 10.0. The normalized spacial score (nSPS) is 10.2. The van der Waals surface area contributed by atoms with E-state index in [0.717, 1.165) is 25.8 Å². The molecule has 0 heterocycles. The molecule has 0 atom stereocenters. The van der Waals surface area contributed by atoms with E-state index in [0.29, 0.717) is 13.1 Å². The van der Waals surface area contributed by atoms with Crippen LogP contribution in [0.1, 0.15) is 38.7 Å². The SMILES string of the molecule is CCC(CC)C(=O)N(CCCN)Cc1ccccc1.Cl. The van der Waals surface area contributed by atoms with Crippen molar-refractivity contribution in [3.05, 3.63) is 35.9 Å². The Balaban J connectivity index is 0.00000361. The minimum atomic E-state index is 0. The molecule has 4 heteroatoms. The summed E-state index contributed by atoms with van der Waals surface area (Å²) in [5.74, 6) is 0.406. The smallest absolute Gasteiger partial charge is 0.225 e. The van der Waals surface area contributed by atoms with Crippen LogP contribution in [-0.2, 0) is 11.3 Å². The van der Waals surface area contributed by atoms with Crippen LogP contribution < -0.4 is 5.73 Å². The van der Waals surface area contributed by atoms with Gasteiger partial charge in [-0.2, -0.15) is 0 Å². The Morgan fingerprint density at radius 3 is 2.30 bits per heavy atom. The molecular formula is C16H27ClN2O. The summed E-state index contributed by atoms with van der Waals surface area (Å²) in [5.41, 5.74) is 6.75. The van der Waals surface area contributed by atoms with E-state index in [2.05, 4.69) is 26.0 Å². The van der Waals surface area contributed by atoms with Gasteiger partial charge in [-0.25, -0.2) is 0 Å². The fraction of sp³-hybridized carbons (Fsp3) is 0.562. The van der Waals surface area contributed by atoms with E-state index in [1.165, 1.54) is 5.56 Å². The summed E-state index contributed by atoms with van der Waals surface area (Å²) in [7, 11) is 0. The van der Waals surface area contributed by atoms with Crippen LogP contribution in [0.15, 0.2) is 30.3 Å². The van der Waals surface area contributed by atoms with E-state index in [4.69, 9.17) is 5.73 Å². The van der Waals surface area contributed by atoms with Gasteiger partial charge in [-0.3, -0.25) is 4.79 Å². The van der Waals surface area contributed by atoms with Gasteiger partial charge in [0.15, 0.2) is 0 Å². The predicted molar refractivity (Wildman–Crippen MR) is 86.9 cm³/mol. The summed E-state index contributed by atoms with van der Waals surface area (Å²) >= 11 is 0. The van der Waals surface area contributed by atoms with E-state index < -0.39 is 0 Å². The number of rotatable bonds is 8. The summed E-state index contributed by atoms with van der Waals surface area (Å²) < 4.78 is 0. The van der Waals surface area contributed by atoms with Crippen LogP contribution in [0.25, 0.3) is 0 Å². The summed E-state index contributed by atoms with van der Waals surface area (Å²) in [5, 5.41) is 0. The van der Waals surface area contributed by atoms with Crippen LogP contribution in [0.2, 0.25) is 0 Å². The van der Waals surface area contributed by atoms with Crippen molar-refractivity contribution in [2.24, 2.45) is 11.7 Å². The molecular weight excluding hydrogens is 272 g/mol. The lowest BCUT2D eigenvalue weighted by molar-refractivity contribution is -0.136. The summed E-state index contributed by atoms with van der Waals surface area (Å²) in [6, 6.07) is 10.2. The summed E-state index contributed by atoms with van der Waals surface area (Å²) in [4.78, 5) is 14.5. The molecule has 3 nitrogen and oxygen atoms in total. The first-order valence-electron chi connectivity index (χ1n) is 7.25. The second-order valence-electron chi connectivity index (χ2n) is 4.90. The van der Waals surface area contributed by atoms with Crippen molar-refractivity contribution in [3.63, 3.8) is 0 Å². The zero-order chi connectivity index (χ0) is 14.1. The van der Waals surface area contributed by atoms with Crippen molar-refractivity contribution in [1.29, 1.82) is 0 Å². The molecule has 2 N–H and O–H groups in total. The standard InChI is InChI=1S/C16H26N2O.ClH/c1-3-15(4-2)16(19)18(12-8-11-17)13-14-9-6-5-7-10-14;/h5-7,9-10,15H,3-4,8,11-13,17H2,1-2H3;1H. The highest BCUT2D eigenvalue weighted by Gasteiger charge is 2.21. The lowest BCUT2D eigenvalue weighted by Crippen LogP contribution is -2.36. The number of carbonyl (C=O) groups excluding carboxylic acids is 1. The quantitative estimate of drug-likeness (QED) is 0.801. The van der Waals surface area contributed by atoms with Crippen LogP contribution in [0, 0.1) is 5.92 Å². The minimum Gasteiger partial charge on any atom is -0.338 e. The number of amides is 1. The minimum absolute atomic E-state index is 0. The second kappa shape index (κ2) is 10.7. The van der Waals surface area contributed by atoms with Gasteiger partial charge < -0.3 is 10.6 Å². The third kappa shape index (κ3) is 5.93. The molecule has 0 spiro atoms. The van der Waals surface area contributed by atoms with Crippen molar-refractivity contribution in [1.82, 2.24) is 4.90 Å². The van der Waals surface area contributed by atoms with Crippen molar-refractivity contribution < 1.29 is 4.79 Å². The zero-order valence-corrected chi connectivity index (χ0v) is 13.4. The number of nitrogens with two attached hydrogens (primary N) is 1. The van der Waals surface area contributed by atoms with Crippen LogP contribution in [-0.4, -0.2) is 23.9 Å². The van der Waals surface area contributed by atoms with Gasteiger partial charge in [-0.05, 0) is 31.4 Å². The monoisotopic (exact) mass is 298 g/mol. The highest BCUT2D eigenvalue weighted by atomic mass is 35.5. The number of hydrogen-bond acceptors (Lipinski definition) is 2. The molecule has 0 aliphatic rings. The highest BCUT2D eigenvalue weighted by molar-refractivity contribution is 5.85. The number of benzene rings is 1. The van der Waals surface area contributed by atoms with Gasteiger partial charge in [-0.1, -0.05) is 44.2 Å². The van der Waals surface area contributed by atoms with E-state index >= 15 is 0 Å². The maximum atomic E-state index is 12.5. The van der Waals surface area contributed by atoms with Crippen LogP contribution in [0.5, 0.6) is 0 Å². The molecule has 0 aliphatic heterocycles. The highest BCUT2D eigenvalue weighted by Crippen LogP contribution is 2.15. The molecule has 0 saturated heterocycles. The molecule has 1 aromatic carbocycles. The van der Waals surface area contributed by atoms with Gasteiger partial charge in [0.05, 0.1) is 0 Å². The number of halogens is 1. The maximum Gasteiger partial charge on any atom is 0.225 e. The van der Waals surface area contributed by atoms with Crippen molar-refractivity contribution >= 4 is 18.3 Å². The number of nitrogens with zero attached hydrogens (tertiary/aromatic N) is 1. The van der Waals surface area contributed by atoms with E-state index in [1.807, 2.05) is 23.1 Å². The first-order chi connectivity index (χ1) is 9.22. The summed E-state index contributed by atoms with van der Waals surface area (Å²) in [6.45, 7) is 6.23. The predicted octanol–water partition coefficient (Wildman–Crippen LogP) is 3.22. The molecule has 0 radical (unpaired) electrons. The Hall–Kier alpha value is -1.06. The maximum absolute atomic E-state index is 12.5. The Kier molecular flexibility index (Phi) is 10.1. The Morgan fingerprint density at radius 1 is 1.20 bits per heavy atom. The van der Waals surface area contributed by atoms with Crippen LogP contribution >= 0.6 is 12.4 Å². The molecule has 20 heavy (non-hydrogen) atoms. The third-order valence-electron chi connectivity index (χ3n) is 3.49. The largest absolute Gasteiger partial charge is 0.338 e. The fourth-order valence-corrected chi connectivity index (χ4v) is 2.25. The third-order valence-corrected chi connectivity index (χ3v) is 3.49. The zero-order valence-electron chi connectivity index (χ0n) is 12.5. The van der Waals surface area contributed by atoms with E-state index in [1.54, 1.807) is 0 Å². The fourth-order valence-electron chi connectivity index (χ4n) is 2.25. The van der Waals surface area contributed by atoms with Crippen molar-refractivity contribution in [3.8, 4) is 0 Å². The van der Waals surface area contributed by atoms with Gasteiger partial charge in [-0.15, -0.1) is 12.4 Å². The molecule has 1 rings (SSSR count). The molecule has 0 aliphatic carbocycles. The van der Waals surface area contributed by atoms with Gasteiger partial charge in [0.2, 0.25) is 5.91 Å². The van der Waals surface area contributed by atoms with Crippen LogP contribution in [0.3, 0.4) is 0 Å². The first kappa shape index (κ1) is 18.9. The first-order valence-corrected chi connectivity index (χ1v) is 7.25. The summed E-state index contributed by atoms with van der Waals surface area (Å²) in [6.07, 6.45) is 2.67. The van der Waals surface area contributed by atoms with Gasteiger partial charge in [0.1, 0.15) is 0 Å². The molecule has 0 unspecified atom stereocenters. The Morgan fingerprint density at radius 2 is 1.80 bits per heavy atom. The van der Waals surface area contributed by atoms with E-state index in [9.17, 15) is 4.79 Å². The Labute approximate surface area is 128 Å². The molecule has 0 bridgehead atoms. The number of hydrogen-bond donors (Lipinski definition) is 1. The number of carbonyl (C=O) groups is 1. The molecule has 0 saturated carbocycles. The van der Waals surface area contributed by atoms with Gasteiger partial charge in [0.25, 0.3) is 0 Å². The average molecular weight is 299 g/mol. The molecule has 114 valence electrons. The van der Waals surface area contributed by atoms with Crippen LogP contribution in [0.4, 0.5) is 0 Å². The molecule has 1 amide bonds. The van der Waals surface area contributed by atoms with Crippen molar-refractivity contribution in [2.45, 2.75) is 39.7 Å². The van der Waals surface area contributed by atoms with E-state index in [-0.39, 0.29) is 24.2 Å². The topological polar surface area (TPSA) is 46.3 Å². The van der Waals surface area contributed by atoms with Crippen molar-refractivity contribution in [2.75, 3.05) is 13.1 Å². The molecule has 0 fully saturated rings. The molecule has 1 aromatic rings. The lowest BCUT2D eigenvalue weighted by Gasteiger charge is -2.26. The van der Waals surface area contributed by atoms with Gasteiger partial charge in [0, 0.05) is 19.0 Å².